The van der Waals surface area contributed by atoms with E-state index in [1.54, 1.807) is 13.0 Å². The normalized spacial score (nSPS) is 11.8. The van der Waals surface area contributed by atoms with Gasteiger partial charge < -0.3 is 16.0 Å². The highest BCUT2D eigenvalue weighted by atomic mass is 35.5. The third-order valence-electron chi connectivity index (χ3n) is 4.92. The minimum absolute atomic E-state index is 0.0461. The van der Waals surface area contributed by atoms with Crippen LogP contribution < -0.4 is 16.0 Å². The molecule has 0 saturated heterocycles. The molecule has 0 fully saturated rings. The first-order valence-electron chi connectivity index (χ1n) is 10.8. The summed E-state index contributed by atoms with van der Waals surface area (Å²) < 4.78 is 39.2. The molecule has 0 aliphatic heterocycles. The predicted octanol–water partition coefficient (Wildman–Crippen LogP) is 4.75. The maximum Gasteiger partial charge on any atom is 0.418 e. The summed E-state index contributed by atoms with van der Waals surface area (Å²) in [4.78, 5) is 45.2. The summed E-state index contributed by atoms with van der Waals surface area (Å²) in [6.45, 7) is 1.64. The maximum absolute atomic E-state index is 13.1. The van der Waals surface area contributed by atoms with Crippen LogP contribution >= 0.6 is 22.9 Å². The highest BCUT2D eigenvalue weighted by Crippen LogP contribution is 2.35. The molecule has 4 rings (SSSR count). The number of pyridine rings is 2. The van der Waals surface area contributed by atoms with Crippen molar-refractivity contribution >= 4 is 52.1 Å². The van der Waals surface area contributed by atoms with Crippen LogP contribution in [0.5, 0.6) is 0 Å². The Hall–Kier alpha value is -4.68. The average molecular weight is 574 g/mol. The third-order valence-corrected chi connectivity index (χ3v) is 6.40. The van der Waals surface area contributed by atoms with Crippen LogP contribution in [0.15, 0.2) is 49.2 Å². The Morgan fingerprint density at radius 3 is 2.51 bits per heavy atom. The van der Waals surface area contributed by atoms with Crippen LogP contribution in [-0.4, -0.2) is 36.7 Å². The largest absolute Gasteiger partial charge is 0.418 e. The van der Waals surface area contributed by atoms with Crippen molar-refractivity contribution in [3.05, 3.63) is 81.0 Å². The molecule has 0 aliphatic rings. The zero-order valence-corrected chi connectivity index (χ0v) is 21.2. The van der Waals surface area contributed by atoms with E-state index in [0.29, 0.717) is 22.6 Å². The highest BCUT2D eigenvalue weighted by Gasteiger charge is 2.34. The second kappa shape index (κ2) is 11.4. The van der Waals surface area contributed by atoms with Crippen molar-refractivity contribution in [1.29, 1.82) is 5.26 Å². The first-order chi connectivity index (χ1) is 18.5. The van der Waals surface area contributed by atoms with Gasteiger partial charge in [-0.15, -0.1) is 11.3 Å². The van der Waals surface area contributed by atoms with Crippen LogP contribution in [0.25, 0.3) is 0 Å². The molecule has 3 N–H and O–H groups in total. The fourth-order valence-corrected chi connectivity index (χ4v) is 4.09. The number of carbonyl (C=O) groups excluding carboxylic acids is 2. The Morgan fingerprint density at radius 2 is 1.82 bits per heavy atom. The lowest BCUT2D eigenvalue weighted by molar-refractivity contribution is -0.137. The van der Waals surface area contributed by atoms with E-state index in [2.05, 4.69) is 40.9 Å². The van der Waals surface area contributed by atoms with Crippen molar-refractivity contribution in [2.45, 2.75) is 19.1 Å². The molecule has 0 aliphatic carbocycles. The van der Waals surface area contributed by atoms with Crippen molar-refractivity contribution in [2.75, 3.05) is 10.6 Å². The number of alkyl halides is 3. The smallest absolute Gasteiger partial charge is 0.342 e. The number of carbonyl (C=O) groups is 2. The molecule has 4 heterocycles. The average Bonchev–Trinajstić information content (AvgIpc) is 3.41. The summed E-state index contributed by atoms with van der Waals surface area (Å²) in [5.74, 6) is -1.30. The van der Waals surface area contributed by atoms with Gasteiger partial charge in [0.05, 0.1) is 34.7 Å². The molecule has 198 valence electrons. The fourth-order valence-electron chi connectivity index (χ4n) is 3.06. The summed E-state index contributed by atoms with van der Waals surface area (Å²) in [6, 6.07) is 6.47. The molecule has 16 heteroatoms. The molecule has 1 atom stereocenters. The number of anilines is 3. The molecular weight excluding hydrogens is 559 g/mol. The maximum atomic E-state index is 13.1. The summed E-state index contributed by atoms with van der Waals surface area (Å²) >= 11 is 6.49. The first kappa shape index (κ1) is 27.4. The third kappa shape index (κ3) is 6.80. The Bertz CT molecular complexity index is 1570. The Labute approximate surface area is 227 Å². The van der Waals surface area contributed by atoms with Crippen LogP contribution in [0, 0.1) is 11.3 Å². The van der Waals surface area contributed by atoms with E-state index in [9.17, 15) is 22.8 Å². The van der Waals surface area contributed by atoms with E-state index in [-0.39, 0.29) is 22.1 Å². The molecule has 0 saturated carbocycles. The number of aromatic nitrogens is 5. The lowest BCUT2D eigenvalue weighted by atomic mass is 10.2. The van der Waals surface area contributed by atoms with Crippen molar-refractivity contribution < 1.29 is 22.8 Å². The number of nitrogens with zero attached hydrogens (tertiary/aromatic N) is 6. The van der Waals surface area contributed by atoms with Crippen LogP contribution in [0.1, 0.15) is 49.4 Å². The van der Waals surface area contributed by atoms with Gasteiger partial charge in [0.25, 0.3) is 11.8 Å². The van der Waals surface area contributed by atoms with Gasteiger partial charge in [-0.1, -0.05) is 11.6 Å². The molecule has 11 nitrogen and oxygen atoms in total. The second-order valence-corrected chi connectivity index (χ2v) is 9.19. The van der Waals surface area contributed by atoms with Crippen molar-refractivity contribution in [3.8, 4) is 6.07 Å². The molecule has 1 unspecified atom stereocenters. The van der Waals surface area contributed by atoms with E-state index in [1.807, 2.05) is 6.07 Å². The van der Waals surface area contributed by atoms with Crippen LogP contribution in [0.4, 0.5) is 30.5 Å². The standard InChI is InChI=1S/C23H15ClF3N9O2S/c1-11(34-20(37)16-5-19(33-10-32-16)35-13-3-2-12(6-28)29-7-13)22-31-9-17(39-22)21(38)36-18-4-14(23(25,26)27)15(24)8-30-18/h2-5,7-11H,1H3,(H,34,37)(H,30,36,38)(H,32,33,35). The molecule has 0 bridgehead atoms. The van der Waals surface area contributed by atoms with Gasteiger partial charge in [-0.25, -0.2) is 24.9 Å². The van der Waals surface area contributed by atoms with Gasteiger partial charge in [0.15, 0.2) is 0 Å². The summed E-state index contributed by atoms with van der Waals surface area (Å²) in [7, 11) is 0. The van der Waals surface area contributed by atoms with Crippen LogP contribution in [0.3, 0.4) is 0 Å². The van der Waals surface area contributed by atoms with E-state index >= 15 is 0 Å². The van der Waals surface area contributed by atoms with Gasteiger partial charge >= 0.3 is 6.18 Å². The number of hydrogen-bond acceptors (Lipinski definition) is 10. The van der Waals surface area contributed by atoms with Crippen molar-refractivity contribution in [2.24, 2.45) is 0 Å². The Morgan fingerprint density at radius 1 is 1.03 bits per heavy atom. The molecule has 2 amide bonds. The van der Waals surface area contributed by atoms with Crippen molar-refractivity contribution in [1.82, 2.24) is 30.2 Å². The topological polar surface area (TPSA) is 158 Å². The quantitative estimate of drug-likeness (QED) is 0.283. The minimum Gasteiger partial charge on any atom is -0.342 e. The number of nitriles is 1. The minimum atomic E-state index is -4.72. The number of hydrogen-bond donors (Lipinski definition) is 3. The van der Waals surface area contributed by atoms with Gasteiger partial charge in [-0.2, -0.15) is 18.4 Å². The molecule has 4 aromatic heterocycles. The van der Waals surface area contributed by atoms with E-state index < -0.39 is 34.6 Å². The molecule has 4 aromatic rings. The van der Waals surface area contributed by atoms with E-state index in [0.717, 1.165) is 17.5 Å². The molecule has 0 radical (unpaired) electrons. The molecule has 0 aromatic carbocycles. The SMILES string of the molecule is CC(NC(=O)c1cc(Nc2ccc(C#N)nc2)ncn1)c1ncc(C(=O)Nc2cc(C(F)(F)F)c(Cl)cn2)s1. The van der Waals surface area contributed by atoms with Crippen molar-refractivity contribution in [3.63, 3.8) is 0 Å². The summed E-state index contributed by atoms with van der Waals surface area (Å²) in [6.07, 6.45) is -0.0508. The van der Waals surface area contributed by atoms with E-state index in [1.165, 1.54) is 30.9 Å². The van der Waals surface area contributed by atoms with Crippen LogP contribution in [-0.2, 0) is 6.18 Å². The zero-order valence-electron chi connectivity index (χ0n) is 19.6. The van der Waals surface area contributed by atoms with Gasteiger partial charge in [-0.05, 0) is 25.1 Å². The Balaban J connectivity index is 1.39. The predicted molar refractivity (Wildman–Crippen MR) is 134 cm³/mol. The number of thiazole rings is 1. The van der Waals surface area contributed by atoms with E-state index in [4.69, 9.17) is 16.9 Å². The summed E-state index contributed by atoms with van der Waals surface area (Å²) in [5, 5.41) is 16.6. The molecule has 0 spiro atoms. The number of nitrogens with one attached hydrogen (secondary N) is 3. The molecular formula is C23H15ClF3N9O2S. The van der Waals surface area contributed by atoms with Gasteiger partial charge in [0, 0.05) is 12.3 Å². The van der Waals surface area contributed by atoms with Gasteiger partial charge in [0.2, 0.25) is 0 Å². The second-order valence-electron chi connectivity index (χ2n) is 7.72. The van der Waals surface area contributed by atoms with Gasteiger partial charge in [0.1, 0.15) is 45.3 Å². The summed E-state index contributed by atoms with van der Waals surface area (Å²) in [5.41, 5.74) is -0.293. The number of halogens is 4. The first-order valence-corrected chi connectivity index (χ1v) is 12.0. The number of rotatable bonds is 7. The van der Waals surface area contributed by atoms with Gasteiger partial charge in [-0.3, -0.25) is 9.59 Å². The fraction of sp³-hybridized carbons (Fsp3) is 0.130. The monoisotopic (exact) mass is 573 g/mol. The lowest BCUT2D eigenvalue weighted by Crippen LogP contribution is -2.27. The molecule has 39 heavy (non-hydrogen) atoms. The number of amides is 2. The van der Waals surface area contributed by atoms with Crippen LogP contribution in [0.2, 0.25) is 5.02 Å². The highest BCUT2D eigenvalue weighted by molar-refractivity contribution is 7.13. The zero-order chi connectivity index (χ0) is 28.2. The Kier molecular flexibility index (Phi) is 7.98. The lowest BCUT2D eigenvalue weighted by Gasteiger charge is -2.11.